The van der Waals surface area contributed by atoms with E-state index in [0.717, 1.165) is 23.4 Å². The van der Waals surface area contributed by atoms with E-state index in [1.807, 2.05) is 0 Å². The van der Waals surface area contributed by atoms with Crippen molar-refractivity contribution in [1.29, 1.82) is 0 Å². The van der Waals surface area contributed by atoms with E-state index in [1.165, 1.54) is 7.05 Å². The van der Waals surface area contributed by atoms with Crippen LogP contribution in [0.4, 0.5) is 0 Å². The number of nitrogens with zero attached hydrogens (tertiary/aromatic N) is 2. The SMILES string of the molecule is CN(Cc1ccccc1C(=O)c1c(C(=O)O)noc1C1CC1)S(C)(=O)=O. The zero-order chi connectivity index (χ0) is 19.1. The Kier molecular flexibility index (Phi) is 4.68. The van der Waals surface area contributed by atoms with Crippen LogP contribution in [0.5, 0.6) is 0 Å². The highest BCUT2D eigenvalue weighted by Crippen LogP contribution is 2.43. The van der Waals surface area contributed by atoms with Gasteiger partial charge in [0.2, 0.25) is 15.7 Å². The van der Waals surface area contributed by atoms with Crippen molar-refractivity contribution in [2.75, 3.05) is 13.3 Å². The molecule has 0 bridgehead atoms. The van der Waals surface area contributed by atoms with Crippen LogP contribution < -0.4 is 0 Å². The van der Waals surface area contributed by atoms with E-state index in [4.69, 9.17) is 4.52 Å². The molecule has 26 heavy (non-hydrogen) atoms. The Morgan fingerprint density at radius 1 is 1.31 bits per heavy atom. The summed E-state index contributed by atoms with van der Waals surface area (Å²) in [6.45, 7) is -0.00675. The molecule has 0 spiro atoms. The molecule has 0 saturated heterocycles. The zero-order valence-corrected chi connectivity index (χ0v) is 15.1. The lowest BCUT2D eigenvalue weighted by atomic mass is 9.95. The predicted molar refractivity (Wildman–Crippen MR) is 91.6 cm³/mol. The van der Waals surface area contributed by atoms with Crippen LogP contribution in [-0.2, 0) is 16.6 Å². The average Bonchev–Trinajstić information content (AvgIpc) is 3.31. The van der Waals surface area contributed by atoms with Crippen molar-refractivity contribution in [3.63, 3.8) is 0 Å². The summed E-state index contributed by atoms with van der Waals surface area (Å²) < 4.78 is 29.6. The minimum atomic E-state index is -3.43. The van der Waals surface area contributed by atoms with E-state index in [9.17, 15) is 23.1 Å². The zero-order valence-electron chi connectivity index (χ0n) is 14.3. The molecule has 0 atom stereocenters. The molecule has 1 saturated carbocycles. The van der Waals surface area contributed by atoms with Crippen molar-refractivity contribution in [1.82, 2.24) is 9.46 Å². The fraction of sp³-hybridized carbons (Fsp3) is 0.353. The Hall–Kier alpha value is -2.52. The van der Waals surface area contributed by atoms with E-state index in [2.05, 4.69) is 5.16 Å². The first-order valence-corrected chi connectivity index (χ1v) is 9.81. The Morgan fingerprint density at radius 3 is 2.54 bits per heavy atom. The first kappa shape index (κ1) is 18.3. The summed E-state index contributed by atoms with van der Waals surface area (Å²) >= 11 is 0. The summed E-state index contributed by atoms with van der Waals surface area (Å²) in [5, 5.41) is 12.9. The number of aromatic carboxylic acids is 1. The highest BCUT2D eigenvalue weighted by Gasteiger charge is 2.37. The van der Waals surface area contributed by atoms with E-state index in [-0.39, 0.29) is 23.6 Å². The first-order chi connectivity index (χ1) is 12.2. The summed E-state index contributed by atoms with van der Waals surface area (Å²) in [5.41, 5.74) is 0.248. The van der Waals surface area contributed by atoms with Crippen molar-refractivity contribution in [2.24, 2.45) is 0 Å². The van der Waals surface area contributed by atoms with E-state index < -0.39 is 27.5 Å². The maximum Gasteiger partial charge on any atom is 0.358 e. The van der Waals surface area contributed by atoms with Crippen LogP contribution in [0.1, 0.15) is 56.5 Å². The van der Waals surface area contributed by atoms with Crippen molar-refractivity contribution >= 4 is 21.8 Å². The van der Waals surface area contributed by atoms with Crippen LogP contribution >= 0.6 is 0 Å². The van der Waals surface area contributed by atoms with Gasteiger partial charge in [-0.05, 0) is 18.4 Å². The van der Waals surface area contributed by atoms with Gasteiger partial charge in [-0.15, -0.1) is 0 Å². The van der Waals surface area contributed by atoms with E-state index in [0.29, 0.717) is 11.3 Å². The lowest BCUT2D eigenvalue weighted by Crippen LogP contribution is -2.26. The molecule has 1 aliphatic carbocycles. The second-order valence-corrected chi connectivity index (χ2v) is 8.44. The minimum absolute atomic E-state index is 0.000375. The van der Waals surface area contributed by atoms with Gasteiger partial charge in [0.1, 0.15) is 5.56 Å². The quantitative estimate of drug-likeness (QED) is 0.731. The number of hydrogen-bond donors (Lipinski definition) is 1. The van der Waals surface area contributed by atoms with Crippen LogP contribution in [0.25, 0.3) is 0 Å². The molecule has 1 aromatic carbocycles. The lowest BCUT2D eigenvalue weighted by Gasteiger charge is -2.16. The van der Waals surface area contributed by atoms with Gasteiger partial charge >= 0.3 is 5.97 Å². The first-order valence-electron chi connectivity index (χ1n) is 7.97. The van der Waals surface area contributed by atoms with Gasteiger partial charge in [0.05, 0.1) is 6.26 Å². The minimum Gasteiger partial charge on any atom is -0.476 e. The molecule has 0 amide bonds. The van der Waals surface area contributed by atoms with Gasteiger partial charge in [0.15, 0.2) is 11.5 Å². The summed E-state index contributed by atoms with van der Waals surface area (Å²) in [6.07, 6.45) is 2.70. The summed E-state index contributed by atoms with van der Waals surface area (Å²) in [7, 11) is -2.02. The maximum atomic E-state index is 13.1. The number of carbonyl (C=O) groups is 2. The van der Waals surface area contributed by atoms with Crippen molar-refractivity contribution in [3.8, 4) is 0 Å². The third-order valence-electron chi connectivity index (χ3n) is 4.32. The number of benzene rings is 1. The normalized spacial score (nSPS) is 14.6. The van der Waals surface area contributed by atoms with Gasteiger partial charge in [-0.3, -0.25) is 4.79 Å². The number of ketones is 1. The van der Waals surface area contributed by atoms with E-state index >= 15 is 0 Å². The monoisotopic (exact) mass is 378 g/mol. The molecular weight excluding hydrogens is 360 g/mol. The van der Waals surface area contributed by atoms with Gasteiger partial charge in [-0.2, -0.15) is 0 Å². The lowest BCUT2D eigenvalue weighted by molar-refractivity contribution is 0.0682. The molecule has 0 unspecified atom stereocenters. The molecule has 1 aromatic heterocycles. The number of sulfonamides is 1. The Morgan fingerprint density at radius 2 is 1.96 bits per heavy atom. The van der Waals surface area contributed by atoms with Gasteiger partial charge in [-0.25, -0.2) is 17.5 Å². The summed E-state index contributed by atoms with van der Waals surface area (Å²) in [4.78, 5) is 24.6. The number of rotatable bonds is 7. The number of carboxylic acids is 1. The second kappa shape index (κ2) is 6.65. The second-order valence-electron chi connectivity index (χ2n) is 6.36. The molecule has 138 valence electrons. The molecule has 2 aromatic rings. The predicted octanol–water partition coefficient (Wildman–Crippen LogP) is 1.87. The molecule has 1 heterocycles. The fourth-order valence-electron chi connectivity index (χ4n) is 2.66. The van der Waals surface area contributed by atoms with Gasteiger partial charge in [-0.1, -0.05) is 29.4 Å². The van der Waals surface area contributed by atoms with Crippen molar-refractivity contribution < 1.29 is 27.6 Å². The van der Waals surface area contributed by atoms with Crippen LogP contribution in [0.2, 0.25) is 0 Å². The Bertz CT molecular complexity index is 975. The van der Waals surface area contributed by atoms with Crippen LogP contribution in [0.15, 0.2) is 28.8 Å². The summed E-state index contributed by atoms with van der Waals surface area (Å²) in [6, 6.07) is 6.51. The average molecular weight is 378 g/mol. The Labute approximate surface area is 150 Å². The van der Waals surface area contributed by atoms with Crippen LogP contribution in [0, 0.1) is 0 Å². The third kappa shape index (κ3) is 3.54. The van der Waals surface area contributed by atoms with E-state index in [1.54, 1.807) is 24.3 Å². The van der Waals surface area contributed by atoms with Crippen LogP contribution in [-0.4, -0.2) is 48.0 Å². The molecule has 8 nitrogen and oxygen atoms in total. The largest absolute Gasteiger partial charge is 0.476 e. The molecule has 1 N–H and O–H groups in total. The molecule has 0 radical (unpaired) electrons. The van der Waals surface area contributed by atoms with Crippen LogP contribution in [0.3, 0.4) is 0 Å². The Balaban J connectivity index is 2.04. The number of carboxylic acid groups (broad SMARTS) is 1. The molecule has 0 aliphatic heterocycles. The van der Waals surface area contributed by atoms with Crippen molar-refractivity contribution in [2.45, 2.75) is 25.3 Å². The maximum absolute atomic E-state index is 13.1. The number of carbonyl (C=O) groups excluding carboxylic acids is 1. The molecule has 3 rings (SSSR count). The standard InChI is InChI=1S/C17H18N2O6S/c1-19(26(2,23)24)9-11-5-3-4-6-12(11)15(20)13-14(17(21)22)18-25-16(13)10-7-8-10/h3-6,10H,7-9H2,1-2H3,(H,21,22). The molecule has 1 fully saturated rings. The third-order valence-corrected chi connectivity index (χ3v) is 5.58. The fourth-order valence-corrected chi connectivity index (χ4v) is 3.04. The van der Waals surface area contributed by atoms with Gasteiger partial charge in [0, 0.05) is 25.1 Å². The van der Waals surface area contributed by atoms with Gasteiger partial charge < -0.3 is 9.63 Å². The number of aromatic nitrogens is 1. The van der Waals surface area contributed by atoms with Gasteiger partial charge in [0.25, 0.3) is 0 Å². The smallest absolute Gasteiger partial charge is 0.358 e. The van der Waals surface area contributed by atoms with Crippen molar-refractivity contribution in [3.05, 3.63) is 52.4 Å². The summed E-state index contributed by atoms with van der Waals surface area (Å²) in [5.74, 6) is -1.57. The molecule has 1 aliphatic rings. The highest BCUT2D eigenvalue weighted by molar-refractivity contribution is 7.88. The number of hydrogen-bond acceptors (Lipinski definition) is 6. The molecular formula is C17H18N2O6S. The molecule has 9 heteroatoms. The highest BCUT2D eigenvalue weighted by atomic mass is 32.2. The topological polar surface area (TPSA) is 118 Å².